The van der Waals surface area contributed by atoms with Crippen LogP contribution in [0.5, 0.6) is 0 Å². The van der Waals surface area contributed by atoms with E-state index in [-0.39, 0.29) is 43.1 Å². The highest BCUT2D eigenvalue weighted by Crippen LogP contribution is 2.35. The summed E-state index contributed by atoms with van der Waals surface area (Å²) in [5.41, 5.74) is 6.43. The Morgan fingerprint density at radius 3 is 2.37 bits per heavy atom. The van der Waals surface area contributed by atoms with Gasteiger partial charge in [0.05, 0.1) is 45.0 Å². The number of nitrogens with one attached hydrogen (secondary N) is 3. The predicted molar refractivity (Wildman–Crippen MR) is 283 cm³/mol. The number of thiazole rings is 1. The Kier molecular flexibility index (Phi) is 17.4. The molecule has 0 spiro atoms. The van der Waals surface area contributed by atoms with Gasteiger partial charge < -0.3 is 30.7 Å². The highest BCUT2D eigenvalue weighted by Gasteiger charge is 2.44. The molecule has 2 unspecified atom stereocenters. The molecule has 1 aliphatic heterocycles. The van der Waals surface area contributed by atoms with Gasteiger partial charge in [-0.15, -0.1) is 16.4 Å². The van der Waals surface area contributed by atoms with Gasteiger partial charge in [-0.2, -0.15) is 18.3 Å². The fourth-order valence-corrected chi connectivity index (χ4v) is 10.4. The summed E-state index contributed by atoms with van der Waals surface area (Å²) in [6, 6.07) is 16.0. The lowest BCUT2D eigenvalue weighted by molar-refractivity contribution is -0.144. The third-order valence-corrected chi connectivity index (χ3v) is 14.7. The van der Waals surface area contributed by atoms with Crippen LogP contribution in [0.3, 0.4) is 0 Å². The van der Waals surface area contributed by atoms with Crippen LogP contribution in [0.15, 0.2) is 84.6 Å². The van der Waals surface area contributed by atoms with E-state index in [2.05, 4.69) is 36.3 Å². The van der Waals surface area contributed by atoms with Crippen molar-refractivity contribution in [3.05, 3.63) is 113 Å². The van der Waals surface area contributed by atoms with E-state index in [1.165, 1.54) is 17.0 Å². The number of benzene rings is 3. The Hall–Kier alpha value is -6.97. The third kappa shape index (κ3) is 13.3. The molecule has 1 aliphatic rings. The van der Waals surface area contributed by atoms with Crippen LogP contribution >= 0.6 is 11.3 Å². The van der Waals surface area contributed by atoms with E-state index in [1.54, 1.807) is 50.5 Å². The van der Waals surface area contributed by atoms with Crippen LogP contribution in [0.25, 0.3) is 38.1 Å². The maximum atomic E-state index is 14.1. The number of fused-ring (bicyclic) bond motifs is 3. The number of rotatable bonds is 22. The number of aliphatic hydroxyl groups is 1. The number of unbranched alkanes of at least 4 members (excludes halogenated alkanes) is 2. The summed E-state index contributed by atoms with van der Waals surface area (Å²) in [5.74, 6) is -1.26. The first kappa shape index (κ1) is 55.3. The SMILES string of the molecule is Cc1ncsc1-c1ccc(C(C)NC(=O)[C@@H]2C[C@@H](O)CN2C(=O)C(NC(=O)CCCCCc2cn(CCCOCCCNC(=O)c3ccc4c(c3)c3cn(C)nc3n4-c3ccc(C(F)(F)F)cc3)nn2)C(C)(C)C)cc1. The van der Waals surface area contributed by atoms with E-state index in [1.807, 2.05) is 76.8 Å². The number of aliphatic hydroxyl groups excluding tert-OH is 1. The van der Waals surface area contributed by atoms with Gasteiger partial charge in [0.1, 0.15) is 12.1 Å². The van der Waals surface area contributed by atoms with E-state index >= 15 is 0 Å². The van der Waals surface area contributed by atoms with Crippen molar-refractivity contribution in [3.8, 4) is 16.1 Å². The number of aromatic nitrogens is 7. The van der Waals surface area contributed by atoms with Crippen LogP contribution < -0.4 is 16.0 Å². The molecule has 17 nitrogen and oxygen atoms in total. The number of nitrogens with zero attached hydrogens (tertiary/aromatic N) is 8. The normalized spacial score (nSPS) is 15.8. The van der Waals surface area contributed by atoms with Crippen molar-refractivity contribution in [2.75, 3.05) is 26.3 Å². The van der Waals surface area contributed by atoms with Gasteiger partial charge in [-0.05, 0) is 105 Å². The fourth-order valence-electron chi connectivity index (χ4n) is 9.58. The van der Waals surface area contributed by atoms with Crippen LogP contribution in [-0.2, 0) is 45.3 Å². The minimum atomic E-state index is -4.45. The van der Waals surface area contributed by atoms with Crippen LogP contribution in [0.4, 0.5) is 13.2 Å². The number of amides is 4. The van der Waals surface area contributed by atoms with Gasteiger partial charge >= 0.3 is 6.18 Å². The summed E-state index contributed by atoms with van der Waals surface area (Å²) in [4.78, 5) is 61.1. The molecule has 21 heteroatoms. The van der Waals surface area contributed by atoms with Crippen molar-refractivity contribution >= 4 is 56.9 Å². The monoisotopic (exact) mass is 1070 g/mol. The molecule has 5 heterocycles. The van der Waals surface area contributed by atoms with E-state index < -0.39 is 41.2 Å². The smallest absolute Gasteiger partial charge is 0.391 e. The van der Waals surface area contributed by atoms with Gasteiger partial charge in [-0.1, -0.05) is 56.7 Å². The second-order valence-electron chi connectivity index (χ2n) is 20.6. The molecule has 7 aromatic rings. The quantitative estimate of drug-likeness (QED) is 0.0479. The maximum Gasteiger partial charge on any atom is 0.416 e. The summed E-state index contributed by atoms with van der Waals surface area (Å²) in [6.07, 6.45) is 2.93. The summed E-state index contributed by atoms with van der Waals surface area (Å²) < 4.78 is 50.7. The number of carbonyl (C=O) groups is 4. The fraction of sp³-hybridized carbons (Fsp3) is 0.455. The Morgan fingerprint density at radius 2 is 1.66 bits per heavy atom. The van der Waals surface area contributed by atoms with Gasteiger partial charge in [0, 0.05) is 87.2 Å². The summed E-state index contributed by atoms with van der Waals surface area (Å²) in [5, 5.41) is 34.2. The topological polar surface area (TPSA) is 203 Å². The highest BCUT2D eigenvalue weighted by atomic mass is 32.1. The first-order chi connectivity index (χ1) is 36.2. The lowest BCUT2D eigenvalue weighted by Gasteiger charge is -2.35. The molecule has 4 amide bonds. The predicted octanol–water partition coefficient (Wildman–Crippen LogP) is 8.26. The molecule has 0 radical (unpaired) electrons. The van der Waals surface area contributed by atoms with Gasteiger partial charge in [-0.3, -0.25) is 33.1 Å². The Bertz CT molecular complexity index is 3140. The average molecular weight is 1070 g/mol. The zero-order valence-electron chi connectivity index (χ0n) is 43.7. The second-order valence-corrected chi connectivity index (χ2v) is 21.5. The van der Waals surface area contributed by atoms with Crippen molar-refractivity contribution in [2.24, 2.45) is 12.5 Å². The number of halogens is 3. The van der Waals surface area contributed by atoms with E-state index in [9.17, 15) is 37.5 Å². The van der Waals surface area contributed by atoms with Crippen molar-refractivity contribution in [2.45, 2.75) is 123 Å². The lowest BCUT2D eigenvalue weighted by Crippen LogP contribution is -2.57. The zero-order chi connectivity index (χ0) is 54.3. The summed E-state index contributed by atoms with van der Waals surface area (Å²) >= 11 is 1.57. The number of likely N-dealkylation sites (tertiary alicyclic amines) is 1. The maximum absolute atomic E-state index is 14.1. The molecule has 8 rings (SSSR count). The first-order valence-electron chi connectivity index (χ1n) is 25.7. The molecule has 4 atom stereocenters. The van der Waals surface area contributed by atoms with Crippen molar-refractivity contribution in [3.63, 3.8) is 0 Å². The number of carbonyl (C=O) groups excluding carboxylic acids is 4. The van der Waals surface area contributed by atoms with Gasteiger partial charge in [0.15, 0.2) is 5.65 Å². The van der Waals surface area contributed by atoms with Gasteiger partial charge in [0.2, 0.25) is 17.7 Å². The number of ether oxygens (including phenoxy) is 1. The van der Waals surface area contributed by atoms with Gasteiger partial charge in [0.25, 0.3) is 5.91 Å². The number of hydrogen-bond acceptors (Lipinski definition) is 11. The molecule has 1 fully saturated rings. The van der Waals surface area contributed by atoms with Crippen molar-refractivity contribution < 1.29 is 42.2 Å². The molecule has 4 N–H and O–H groups in total. The van der Waals surface area contributed by atoms with E-state index in [0.717, 1.165) is 68.7 Å². The Morgan fingerprint density at radius 1 is 0.908 bits per heavy atom. The minimum absolute atomic E-state index is 0.00208. The number of aryl methyl sites for hydroxylation is 4. The molecular weight excluding hydrogens is 1000 g/mol. The number of hydrogen-bond donors (Lipinski definition) is 4. The molecule has 76 heavy (non-hydrogen) atoms. The Balaban J connectivity index is 0.707. The van der Waals surface area contributed by atoms with Crippen LogP contribution in [0.2, 0.25) is 0 Å². The average Bonchev–Trinajstić information content (AvgIpc) is 4.24. The van der Waals surface area contributed by atoms with E-state index in [0.29, 0.717) is 68.9 Å². The molecule has 404 valence electrons. The lowest BCUT2D eigenvalue weighted by atomic mass is 9.85. The molecule has 4 aromatic heterocycles. The standard InChI is InChI=1S/C55H66F3N11O6S/c1-34(36-14-16-37(17-15-36)48-35(2)60-33-76-48)61-52(73)46-29-42(70)31-68(46)53(74)49(54(3,4)5)62-47(71)13-9-7-8-12-40-30-67(65-63-40)25-11-27-75-26-10-24-59-51(72)38-18-23-45-43(28-38)44-32-66(6)64-50(44)69(45)41-21-19-39(20-22-41)55(56,57)58/h14-23,28,30,32-34,42,46,49,70H,7-13,24-27,29,31H2,1-6H3,(H,59,72)(H,61,73)(H,62,71)/t34?,42-,46+,49?/m1/s1. The van der Waals surface area contributed by atoms with Crippen LogP contribution in [-0.4, -0.2) is 112 Å². The summed E-state index contributed by atoms with van der Waals surface area (Å²) in [6.45, 7) is 11.4. The number of β-amino-alcohol motifs (C(OH)–C–C–N with tert-alkyl or cyclic N) is 1. The first-order valence-corrected chi connectivity index (χ1v) is 26.6. The van der Waals surface area contributed by atoms with E-state index in [4.69, 9.17) is 4.74 Å². The highest BCUT2D eigenvalue weighted by molar-refractivity contribution is 7.13. The minimum Gasteiger partial charge on any atom is -0.391 e. The third-order valence-electron chi connectivity index (χ3n) is 13.7. The molecule has 3 aromatic carbocycles. The van der Waals surface area contributed by atoms with Gasteiger partial charge in [-0.25, -0.2) is 4.98 Å². The second kappa shape index (κ2) is 23.9. The molecule has 0 saturated carbocycles. The molecule has 0 bridgehead atoms. The molecule has 1 saturated heterocycles. The number of alkyl halides is 3. The Labute approximate surface area is 443 Å². The zero-order valence-corrected chi connectivity index (χ0v) is 44.5. The van der Waals surface area contributed by atoms with Crippen LogP contribution in [0.1, 0.15) is 112 Å². The summed E-state index contributed by atoms with van der Waals surface area (Å²) in [7, 11) is 1.76. The van der Waals surface area contributed by atoms with Crippen molar-refractivity contribution in [1.82, 2.24) is 55.2 Å². The van der Waals surface area contributed by atoms with Crippen molar-refractivity contribution in [1.29, 1.82) is 0 Å². The molecule has 0 aliphatic carbocycles. The van der Waals surface area contributed by atoms with Crippen LogP contribution in [0, 0.1) is 12.3 Å². The molecular formula is C55H66F3N11O6S. The largest absolute Gasteiger partial charge is 0.416 e.